The second kappa shape index (κ2) is 10.4. The first kappa shape index (κ1) is 24.0. The summed E-state index contributed by atoms with van der Waals surface area (Å²) in [5, 5.41) is 0. The van der Waals surface area contributed by atoms with Crippen LogP contribution in [0.15, 0.2) is 66.7 Å². The highest BCUT2D eigenvalue weighted by Crippen LogP contribution is 2.34. The zero-order chi connectivity index (χ0) is 24.2. The van der Waals surface area contributed by atoms with E-state index in [2.05, 4.69) is 69.0 Å². The Bertz CT molecular complexity index is 1130. The Morgan fingerprint density at radius 2 is 1.50 bits per heavy atom. The van der Waals surface area contributed by atoms with Gasteiger partial charge in [0.2, 0.25) is 0 Å². The zero-order valence-corrected chi connectivity index (χ0v) is 21.0. The van der Waals surface area contributed by atoms with Gasteiger partial charge in [0, 0.05) is 36.9 Å². The molecule has 1 amide bonds. The number of carbonyl (C=O) groups excluding carboxylic acids is 1. The lowest BCUT2D eigenvalue weighted by Gasteiger charge is -2.30. The van der Waals surface area contributed by atoms with Crippen LogP contribution >= 0.6 is 0 Å². The zero-order valence-electron chi connectivity index (χ0n) is 21.0. The molecule has 0 heterocycles. The van der Waals surface area contributed by atoms with E-state index in [1.807, 2.05) is 37.4 Å². The Balaban J connectivity index is 1.40. The number of benzene rings is 3. The average Bonchev–Trinajstić information content (AvgIpc) is 2.85. The van der Waals surface area contributed by atoms with Crippen LogP contribution in [0, 0.1) is 0 Å². The van der Waals surface area contributed by atoms with Crippen LogP contribution in [0.25, 0.3) is 11.1 Å². The Labute approximate surface area is 204 Å². The molecule has 0 aliphatic heterocycles. The van der Waals surface area contributed by atoms with E-state index in [4.69, 9.17) is 4.74 Å². The van der Waals surface area contributed by atoms with Crippen molar-refractivity contribution in [1.29, 1.82) is 0 Å². The van der Waals surface area contributed by atoms with Crippen molar-refractivity contribution in [2.75, 3.05) is 25.1 Å². The summed E-state index contributed by atoms with van der Waals surface area (Å²) in [5.74, 6) is 0.823. The molecule has 4 nitrogen and oxygen atoms in total. The second-order valence-electron chi connectivity index (χ2n) is 9.66. The first-order valence-electron chi connectivity index (χ1n) is 12.3. The van der Waals surface area contributed by atoms with E-state index in [0.717, 1.165) is 36.4 Å². The summed E-state index contributed by atoms with van der Waals surface area (Å²) >= 11 is 0. The minimum absolute atomic E-state index is 0.000152. The molecular weight excluding hydrogens is 420 g/mol. The second-order valence-corrected chi connectivity index (χ2v) is 9.66. The molecule has 3 aromatic carbocycles. The monoisotopic (exact) mass is 456 g/mol. The van der Waals surface area contributed by atoms with Gasteiger partial charge in [-0.3, -0.25) is 9.69 Å². The fourth-order valence-corrected chi connectivity index (χ4v) is 4.93. The number of fused-ring (bicyclic) bond motifs is 3. The number of hydrogen-bond donors (Lipinski definition) is 0. The maximum atomic E-state index is 13.2. The van der Waals surface area contributed by atoms with Gasteiger partial charge in [0.25, 0.3) is 5.91 Å². The van der Waals surface area contributed by atoms with E-state index in [1.165, 1.54) is 22.3 Å². The normalized spacial score (nSPS) is 12.6. The van der Waals surface area contributed by atoms with Gasteiger partial charge in [0.1, 0.15) is 12.4 Å². The number of carbonyl (C=O) groups is 1. The van der Waals surface area contributed by atoms with Crippen molar-refractivity contribution in [3.8, 4) is 16.9 Å². The van der Waals surface area contributed by atoms with E-state index < -0.39 is 0 Å². The molecule has 34 heavy (non-hydrogen) atoms. The summed E-state index contributed by atoms with van der Waals surface area (Å²) in [5.41, 5.74) is 6.75. The molecule has 4 rings (SSSR count). The minimum atomic E-state index is -0.000152. The van der Waals surface area contributed by atoms with E-state index in [1.54, 1.807) is 4.90 Å². The molecule has 178 valence electrons. The summed E-state index contributed by atoms with van der Waals surface area (Å²) in [6.07, 6.45) is 1.98. The largest absolute Gasteiger partial charge is 0.492 e. The van der Waals surface area contributed by atoms with Crippen molar-refractivity contribution in [3.05, 3.63) is 83.4 Å². The molecule has 0 atom stereocenters. The van der Waals surface area contributed by atoms with Gasteiger partial charge in [-0.15, -0.1) is 0 Å². The van der Waals surface area contributed by atoms with E-state index in [9.17, 15) is 4.79 Å². The quantitative estimate of drug-likeness (QED) is 0.403. The molecule has 1 aliphatic carbocycles. The molecule has 4 heteroatoms. The molecule has 0 saturated carbocycles. The van der Waals surface area contributed by atoms with Crippen molar-refractivity contribution >= 4 is 11.6 Å². The smallest absolute Gasteiger partial charge is 0.258 e. The molecule has 1 aliphatic rings. The fourth-order valence-electron chi connectivity index (χ4n) is 4.93. The van der Waals surface area contributed by atoms with Crippen LogP contribution in [0.3, 0.4) is 0 Å². The predicted octanol–water partition coefficient (Wildman–Crippen LogP) is 6.23. The van der Waals surface area contributed by atoms with Gasteiger partial charge < -0.3 is 9.64 Å². The van der Waals surface area contributed by atoms with Gasteiger partial charge in [-0.25, -0.2) is 0 Å². The van der Waals surface area contributed by atoms with Crippen molar-refractivity contribution in [3.63, 3.8) is 0 Å². The molecular formula is C30H36N2O2. The number of hydrogen-bond acceptors (Lipinski definition) is 3. The average molecular weight is 457 g/mol. The lowest BCUT2D eigenvalue weighted by atomic mass is 9.85. The third kappa shape index (κ3) is 5.18. The maximum Gasteiger partial charge on any atom is 0.258 e. The summed E-state index contributed by atoms with van der Waals surface area (Å²) in [4.78, 5) is 17.3. The van der Waals surface area contributed by atoms with Crippen LogP contribution in [-0.4, -0.2) is 43.1 Å². The van der Waals surface area contributed by atoms with Crippen molar-refractivity contribution in [2.24, 2.45) is 0 Å². The molecule has 0 aromatic heterocycles. The lowest BCUT2D eigenvalue weighted by Crippen LogP contribution is -2.39. The number of anilines is 1. The third-order valence-corrected chi connectivity index (χ3v) is 6.80. The van der Waals surface area contributed by atoms with Crippen LogP contribution < -0.4 is 9.64 Å². The highest BCUT2D eigenvalue weighted by molar-refractivity contribution is 6.06. The topological polar surface area (TPSA) is 32.8 Å². The summed E-state index contributed by atoms with van der Waals surface area (Å²) in [7, 11) is 1.83. The highest BCUT2D eigenvalue weighted by atomic mass is 16.5. The standard InChI is InChI=1S/C30H36N2O2/c1-21(2)32(22(3)4)18-19-34-27-15-13-26(14-16-27)31(5)30(33)25-12-17-29-24(20-25)11-10-23-8-6-7-9-28(23)29/h6-9,12-17,20-22H,10-11,18-19H2,1-5H3. The van der Waals surface area contributed by atoms with E-state index in [0.29, 0.717) is 18.7 Å². The molecule has 0 spiro atoms. The summed E-state index contributed by atoms with van der Waals surface area (Å²) in [6, 6.07) is 23.4. The Hall–Kier alpha value is -3.11. The molecule has 0 fully saturated rings. The van der Waals surface area contributed by atoms with Gasteiger partial charge >= 0.3 is 0 Å². The Kier molecular flexibility index (Phi) is 7.38. The lowest BCUT2D eigenvalue weighted by molar-refractivity contribution is 0.0993. The van der Waals surface area contributed by atoms with Crippen LogP contribution in [0.1, 0.15) is 49.2 Å². The number of rotatable bonds is 8. The molecule has 0 N–H and O–H groups in total. The van der Waals surface area contributed by atoms with Crippen LogP contribution in [0.4, 0.5) is 5.69 Å². The summed E-state index contributed by atoms with van der Waals surface area (Å²) < 4.78 is 5.96. The summed E-state index contributed by atoms with van der Waals surface area (Å²) in [6.45, 7) is 10.4. The van der Waals surface area contributed by atoms with Crippen LogP contribution in [0.2, 0.25) is 0 Å². The Morgan fingerprint density at radius 1 is 0.853 bits per heavy atom. The first-order valence-corrected chi connectivity index (χ1v) is 12.3. The highest BCUT2D eigenvalue weighted by Gasteiger charge is 2.20. The SMILES string of the molecule is CC(C)N(CCOc1ccc(N(C)C(=O)c2ccc3c(c2)CCc2ccccc2-3)cc1)C(C)C. The first-order chi connectivity index (χ1) is 16.3. The van der Waals surface area contributed by atoms with Crippen molar-refractivity contribution in [1.82, 2.24) is 4.90 Å². The van der Waals surface area contributed by atoms with Gasteiger partial charge in [-0.05, 0) is 99.2 Å². The Morgan fingerprint density at radius 3 is 2.21 bits per heavy atom. The molecule has 0 saturated heterocycles. The number of amides is 1. The number of ether oxygens (including phenoxy) is 1. The van der Waals surface area contributed by atoms with Gasteiger partial charge in [-0.2, -0.15) is 0 Å². The van der Waals surface area contributed by atoms with E-state index in [-0.39, 0.29) is 5.91 Å². The number of nitrogens with zero attached hydrogens (tertiary/aromatic N) is 2. The number of aryl methyl sites for hydroxylation is 2. The predicted molar refractivity (Wildman–Crippen MR) is 141 cm³/mol. The maximum absolute atomic E-state index is 13.2. The van der Waals surface area contributed by atoms with E-state index >= 15 is 0 Å². The molecule has 0 radical (unpaired) electrons. The van der Waals surface area contributed by atoms with Crippen LogP contribution in [-0.2, 0) is 12.8 Å². The third-order valence-electron chi connectivity index (χ3n) is 6.80. The van der Waals surface area contributed by atoms with Crippen molar-refractivity contribution < 1.29 is 9.53 Å². The van der Waals surface area contributed by atoms with Gasteiger partial charge in [-0.1, -0.05) is 30.3 Å². The molecule has 3 aromatic rings. The molecule has 0 unspecified atom stereocenters. The minimum Gasteiger partial charge on any atom is -0.492 e. The molecule has 0 bridgehead atoms. The van der Waals surface area contributed by atoms with Gasteiger partial charge in [0.15, 0.2) is 0 Å². The fraction of sp³-hybridized carbons (Fsp3) is 0.367. The van der Waals surface area contributed by atoms with Gasteiger partial charge in [0.05, 0.1) is 0 Å². The van der Waals surface area contributed by atoms with Crippen molar-refractivity contribution in [2.45, 2.75) is 52.6 Å². The van der Waals surface area contributed by atoms with Crippen LogP contribution in [0.5, 0.6) is 5.75 Å².